The highest BCUT2D eigenvalue weighted by Gasteiger charge is 2.13. The van der Waals surface area contributed by atoms with Crippen LogP contribution in [0, 0.1) is 0 Å². The monoisotopic (exact) mass is 318 g/mol. The number of nitrogens with zero attached hydrogens (tertiary/aromatic N) is 1. The van der Waals surface area contributed by atoms with Gasteiger partial charge in [0.05, 0.1) is 11.4 Å². The van der Waals surface area contributed by atoms with Crippen LogP contribution in [0.25, 0.3) is 11.1 Å². The third kappa shape index (κ3) is 3.23. The maximum Gasteiger partial charge on any atom is 0.0711 e. The Morgan fingerprint density at radius 1 is 1.04 bits per heavy atom. The Kier molecular flexibility index (Phi) is 4.23. The molecule has 0 atom stereocenters. The van der Waals surface area contributed by atoms with Crippen LogP contribution in [-0.2, 0) is 12.0 Å². The van der Waals surface area contributed by atoms with Gasteiger partial charge in [0.15, 0.2) is 0 Å². The van der Waals surface area contributed by atoms with E-state index in [4.69, 9.17) is 0 Å². The summed E-state index contributed by atoms with van der Waals surface area (Å²) < 4.78 is 2.19. The quantitative estimate of drug-likeness (QED) is 0.635. The molecule has 2 heteroatoms. The fraction of sp³-hybridized carbons (Fsp3) is 0.273. The molecule has 0 amide bonds. The van der Waals surface area contributed by atoms with Gasteiger partial charge in [-0.05, 0) is 53.3 Å². The van der Waals surface area contributed by atoms with Crippen LogP contribution in [0.3, 0.4) is 0 Å². The second-order valence-corrected chi connectivity index (χ2v) is 7.48. The van der Waals surface area contributed by atoms with Crippen LogP contribution in [0.4, 0.5) is 5.69 Å². The fourth-order valence-electron chi connectivity index (χ4n) is 3.01. The molecule has 1 aromatic carbocycles. The highest BCUT2D eigenvalue weighted by molar-refractivity contribution is 5.75. The summed E-state index contributed by atoms with van der Waals surface area (Å²) in [5, 5.41) is 3.57. The third-order valence-corrected chi connectivity index (χ3v) is 4.40. The molecule has 0 aliphatic heterocycles. The Labute approximate surface area is 144 Å². The Bertz CT molecular complexity index is 861. The van der Waals surface area contributed by atoms with Crippen molar-refractivity contribution in [1.29, 1.82) is 0 Å². The van der Waals surface area contributed by atoms with Gasteiger partial charge in [-0.15, -0.1) is 0 Å². The molecule has 0 saturated carbocycles. The molecule has 3 aromatic rings. The molecule has 0 radical (unpaired) electrons. The molecule has 124 valence electrons. The lowest BCUT2D eigenvalue weighted by molar-refractivity contribution is 0.590. The van der Waals surface area contributed by atoms with Crippen LogP contribution < -0.4 is 5.32 Å². The minimum absolute atomic E-state index is 0.193. The number of rotatable bonds is 4. The summed E-state index contributed by atoms with van der Waals surface area (Å²) >= 11 is 0. The first kappa shape index (κ1) is 16.4. The predicted octanol–water partition coefficient (Wildman–Crippen LogP) is 5.88. The molecule has 0 bridgehead atoms. The average Bonchev–Trinajstić information content (AvgIpc) is 3.00. The molecule has 0 aliphatic rings. The molecular weight excluding hydrogens is 292 g/mol. The Morgan fingerprint density at radius 2 is 1.75 bits per heavy atom. The van der Waals surface area contributed by atoms with Crippen LogP contribution in [0.1, 0.15) is 44.5 Å². The van der Waals surface area contributed by atoms with Gasteiger partial charge in [-0.25, -0.2) is 0 Å². The van der Waals surface area contributed by atoms with Crippen LogP contribution in [0.5, 0.6) is 0 Å². The minimum Gasteiger partial charge on any atom is -0.379 e. The molecule has 3 rings (SSSR count). The van der Waals surface area contributed by atoms with Crippen LogP contribution in [0.15, 0.2) is 61.3 Å². The van der Waals surface area contributed by atoms with Gasteiger partial charge < -0.3 is 9.72 Å². The predicted molar refractivity (Wildman–Crippen MR) is 105 cm³/mol. The normalized spacial score (nSPS) is 11.7. The van der Waals surface area contributed by atoms with Gasteiger partial charge in [0.25, 0.3) is 0 Å². The lowest BCUT2D eigenvalue weighted by Crippen LogP contribution is -2.11. The zero-order chi connectivity index (χ0) is 17.3. The van der Waals surface area contributed by atoms with Gasteiger partial charge in [-0.1, -0.05) is 51.6 Å². The van der Waals surface area contributed by atoms with Gasteiger partial charge in [0.2, 0.25) is 0 Å². The van der Waals surface area contributed by atoms with E-state index in [1.807, 2.05) is 0 Å². The second kappa shape index (κ2) is 6.20. The minimum atomic E-state index is 0.193. The van der Waals surface area contributed by atoms with Crippen molar-refractivity contribution in [2.45, 2.75) is 39.7 Å². The lowest BCUT2D eigenvalue weighted by atomic mass is 9.87. The average molecular weight is 318 g/mol. The van der Waals surface area contributed by atoms with E-state index < -0.39 is 0 Å². The van der Waals surface area contributed by atoms with Gasteiger partial charge in [-0.3, -0.25) is 0 Å². The molecule has 2 aromatic heterocycles. The zero-order valence-corrected chi connectivity index (χ0v) is 15.1. The number of fused-ring (bicyclic) bond motifs is 1. The SMILES string of the molecule is C=C(C)c1c(NCc2ccc(C(C)(C)C)cc2)ccc2cccn12. The summed E-state index contributed by atoms with van der Waals surface area (Å²) in [6.07, 6.45) is 2.09. The summed E-state index contributed by atoms with van der Waals surface area (Å²) in [6, 6.07) is 17.3. The van der Waals surface area contributed by atoms with Crippen molar-refractivity contribution < 1.29 is 0 Å². The zero-order valence-electron chi connectivity index (χ0n) is 15.1. The Morgan fingerprint density at radius 3 is 2.38 bits per heavy atom. The van der Waals surface area contributed by atoms with E-state index in [9.17, 15) is 0 Å². The summed E-state index contributed by atoms with van der Waals surface area (Å²) in [7, 11) is 0. The molecule has 2 heterocycles. The van der Waals surface area contributed by atoms with Gasteiger partial charge >= 0.3 is 0 Å². The Balaban J connectivity index is 1.83. The number of hydrogen-bond acceptors (Lipinski definition) is 1. The molecule has 0 fully saturated rings. The first-order valence-corrected chi connectivity index (χ1v) is 8.45. The summed E-state index contributed by atoms with van der Waals surface area (Å²) in [5.41, 5.74) is 7.34. The van der Waals surface area contributed by atoms with Crippen molar-refractivity contribution in [1.82, 2.24) is 4.40 Å². The van der Waals surface area contributed by atoms with Gasteiger partial charge in [0, 0.05) is 18.3 Å². The van der Waals surface area contributed by atoms with Gasteiger partial charge in [0.1, 0.15) is 0 Å². The number of nitrogens with one attached hydrogen (secondary N) is 1. The molecule has 0 aliphatic carbocycles. The standard InChI is InChI=1S/C22H26N2/c1-16(2)21-20(13-12-19-7-6-14-24(19)21)23-15-17-8-10-18(11-9-17)22(3,4)5/h6-14,23H,1,15H2,2-5H3. The summed E-state index contributed by atoms with van der Waals surface area (Å²) in [4.78, 5) is 0. The first-order chi connectivity index (χ1) is 11.4. The van der Waals surface area contributed by atoms with E-state index in [1.165, 1.54) is 16.6 Å². The maximum absolute atomic E-state index is 4.15. The number of anilines is 1. The highest BCUT2D eigenvalue weighted by atomic mass is 15.0. The Hall–Kier alpha value is -2.48. The lowest BCUT2D eigenvalue weighted by Gasteiger charge is -2.19. The van der Waals surface area contributed by atoms with Crippen molar-refractivity contribution in [3.05, 3.63) is 78.1 Å². The summed E-state index contributed by atoms with van der Waals surface area (Å²) in [6.45, 7) is 13.7. The first-order valence-electron chi connectivity index (χ1n) is 8.45. The van der Waals surface area contributed by atoms with Crippen molar-refractivity contribution >= 4 is 16.8 Å². The van der Waals surface area contributed by atoms with E-state index in [0.717, 1.165) is 23.5 Å². The number of pyridine rings is 1. The van der Waals surface area contributed by atoms with Crippen molar-refractivity contribution in [2.24, 2.45) is 0 Å². The molecule has 1 N–H and O–H groups in total. The van der Waals surface area contributed by atoms with Crippen LogP contribution >= 0.6 is 0 Å². The fourth-order valence-corrected chi connectivity index (χ4v) is 3.01. The molecular formula is C22H26N2. The molecule has 2 nitrogen and oxygen atoms in total. The number of hydrogen-bond donors (Lipinski definition) is 1. The highest BCUT2D eigenvalue weighted by Crippen LogP contribution is 2.26. The van der Waals surface area contributed by atoms with Crippen molar-refractivity contribution in [3.8, 4) is 0 Å². The van der Waals surface area contributed by atoms with Crippen molar-refractivity contribution in [3.63, 3.8) is 0 Å². The molecule has 0 unspecified atom stereocenters. The molecule has 24 heavy (non-hydrogen) atoms. The maximum atomic E-state index is 4.15. The molecule has 0 spiro atoms. The largest absolute Gasteiger partial charge is 0.379 e. The van der Waals surface area contributed by atoms with E-state index in [2.05, 4.69) is 98.7 Å². The van der Waals surface area contributed by atoms with Crippen LogP contribution in [0.2, 0.25) is 0 Å². The van der Waals surface area contributed by atoms with Gasteiger partial charge in [-0.2, -0.15) is 0 Å². The smallest absolute Gasteiger partial charge is 0.0711 e. The second-order valence-electron chi connectivity index (χ2n) is 7.48. The third-order valence-electron chi connectivity index (χ3n) is 4.40. The topological polar surface area (TPSA) is 16.4 Å². The number of aromatic nitrogens is 1. The van der Waals surface area contributed by atoms with Crippen molar-refractivity contribution in [2.75, 3.05) is 5.32 Å². The van der Waals surface area contributed by atoms with E-state index in [0.29, 0.717) is 0 Å². The summed E-state index contributed by atoms with van der Waals surface area (Å²) in [5.74, 6) is 0. The number of allylic oxidation sites excluding steroid dienone is 1. The van der Waals surface area contributed by atoms with E-state index in [1.54, 1.807) is 0 Å². The number of benzene rings is 1. The molecule has 0 saturated heterocycles. The van der Waals surface area contributed by atoms with E-state index >= 15 is 0 Å². The van der Waals surface area contributed by atoms with E-state index in [-0.39, 0.29) is 5.41 Å². The van der Waals surface area contributed by atoms with Crippen LogP contribution in [-0.4, -0.2) is 4.40 Å².